The number of likely N-dealkylation sites (N-methyl/N-ethyl adjacent to an activating group) is 1. The smallest absolute Gasteiger partial charge is 0.255 e. The van der Waals surface area contributed by atoms with Gasteiger partial charge in [0, 0.05) is 43.1 Å². The fourth-order valence-corrected chi connectivity index (χ4v) is 4.42. The average molecular weight is 505 g/mol. The van der Waals surface area contributed by atoms with Crippen LogP contribution in [-0.2, 0) is 0 Å². The maximum Gasteiger partial charge on any atom is 0.255 e. The second-order valence-corrected chi connectivity index (χ2v) is 9.58. The molecule has 1 heterocycles. The molecule has 8 heteroatoms. The number of carbonyl (C=O) groups excluding carboxylic acids is 2. The molecule has 184 valence electrons. The minimum absolute atomic E-state index is 0.133. The molecule has 1 aliphatic heterocycles. The molecule has 0 unspecified atom stereocenters. The van der Waals surface area contributed by atoms with Crippen LogP contribution in [0.2, 0.25) is 10.0 Å². The molecule has 1 aliphatic rings. The van der Waals surface area contributed by atoms with Gasteiger partial charge in [-0.15, -0.1) is 0 Å². The lowest BCUT2D eigenvalue weighted by Gasteiger charge is -2.33. The summed E-state index contributed by atoms with van der Waals surface area (Å²) in [5.74, 6) is 0.241. The van der Waals surface area contributed by atoms with Gasteiger partial charge in [0.05, 0.1) is 15.6 Å². The molecule has 0 aromatic heterocycles. The normalized spacial score (nSPS) is 14.4. The Labute approximate surface area is 212 Å². The van der Waals surface area contributed by atoms with Gasteiger partial charge in [-0.1, -0.05) is 44.0 Å². The predicted octanol–water partition coefficient (Wildman–Crippen LogP) is 5.55. The Morgan fingerprint density at radius 2 is 1.71 bits per heavy atom. The second kappa shape index (κ2) is 12.4. The van der Waals surface area contributed by atoms with Crippen LogP contribution in [0.1, 0.15) is 54.3 Å². The Kier molecular flexibility index (Phi) is 9.63. The van der Waals surface area contributed by atoms with Crippen LogP contribution in [0.4, 0.5) is 11.4 Å². The molecule has 1 saturated heterocycles. The van der Waals surface area contributed by atoms with Crippen molar-refractivity contribution in [3.8, 4) is 0 Å². The summed E-state index contributed by atoms with van der Waals surface area (Å²) >= 11 is 12.0. The highest BCUT2D eigenvalue weighted by molar-refractivity contribution is 6.42. The van der Waals surface area contributed by atoms with Crippen molar-refractivity contribution in [3.05, 3.63) is 57.6 Å². The largest absolute Gasteiger partial charge is 0.371 e. The molecule has 3 rings (SSSR count). The number of nitrogens with one attached hydrogen (secondary N) is 2. The van der Waals surface area contributed by atoms with E-state index in [9.17, 15) is 9.59 Å². The van der Waals surface area contributed by atoms with Gasteiger partial charge < -0.3 is 20.4 Å². The molecular weight excluding hydrogens is 471 g/mol. The van der Waals surface area contributed by atoms with Crippen molar-refractivity contribution in [2.24, 2.45) is 5.92 Å². The molecule has 0 saturated carbocycles. The zero-order chi connectivity index (χ0) is 24.7. The molecule has 2 amide bonds. The van der Waals surface area contributed by atoms with Crippen LogP contribution in [0.15, 0.2) is 36.4 Å². The molecule has 0 atom stereocenters. The summed E-state index contributed by atoms with van der Waals surface area (Å²) in [7, 11) is 0. The van der Waals surface area contributed by atoms with Gasteiger partial charge in [-0.25, -0.2) is 0 Å². The van der Waals surface area contributed by atoms with E-state index in [0.29, 0.717) is 39.3 Å². The van der Waals surface area contributed by atoms with Gasteiger partial charge in [0.25, 0.3) is 11.8 Å². The summed E-state index contributed by atoms with van der Waals surface area (Å²) in [6.07, 6.45) is 2.19. The highest BCUT2D eigenvalue weighted by Crippen LogP contribution is 2.29. The van der Waals surface area contributed by atoms with E-state index < -0.39 is 0 Å². The lowest BCUT2D eigenvalue weighted by atomic mass is 9.97. The third kappa shape index (κ3) is 6.87. The molecule has 0 bridgehead atoms. The maximum absolute atomic E-state index is 13.2. The van der Waals surface area contributed by atoms with E-state index in [2.05, 4.69) is 41.2 Å². The molecule has 2 N–H and O–H groups in total. The molecule has 0 radical (unpaired) electrons. The SMILES string of the molecule is CCN(CC)CCNC(=O)c1cc(NC(=O)c2ccc(Cl)c(Cl)c2)ccc1N1CCC(C)CC1. The van der Waals surface area contributed by atoms with Gasteiger partial charge >= 0.3 is 0 Å². The van der Waals surface area contributed by atoms with E-state index in [0.717, 1.165) is 51.3 Å². The number of anilines is 2. The molecule has 2 aromatic carbocycles. The van der Waals surface area contributed by atoms with Crippen molar-refractivity contribution in [2.45, 2.75) is 33.6 Å². The topological polar surface area (TPSA) is 64.7 Å². The van der Waals surface area contributed by atoms with Crippen LogP contribution in [0.25, 0.3) is 0 Å². The number of piperidine rings is 1. The van der Waals surface area contributed by atoms with E-state index in [1.807, 2.05) is 12.1 Å². The van der Waals surface area contributed by atoms with Crippen LogP contribution in [0.3, 0.4) is 0 Å². The number of halogens is 2. The average Bonchev–Trinajstić information content (AvgIpc) is 2.84. The van der Waals surface area contributed by atoms with Gasteiger partial charge in [0.1, 0.15) is 0 Å². The van der Waals surface area contributed by atoms with Crippen molar-refractivity contribution in [2.75, 3.05) is 49.5 Å². The third-order valence-electron chi connectivity index (χ3n) is 6.41. The number of benzene rings is 2. The van der Waals surface area contributed by atoms with E-state index in [-0.39, 0.29) is 11.8 Å². The van der Waals surface area contributed by atoms with E-state index in [1.54, 1.807) is 18.2 Å². The van der Waals surface area contributed by atoms with Crippen molar-refractivity contribution < 1.29 is 9.59 Å². The molecule has 2 aromatic rings. The highest BCUT2D eigenvalue weighted by Gasteiger charge is 2.22. The number of hydrogen-bond acceptors (Lipinski definition) is 4. The third-order valence-corrected chi connectivity index (χ3v) is 7.15. The monoisotopic (exact) mass is 504 g/mol. The molecule has 34 heavy (non-hydrogen) atoms. The molecule has 1 fully saturated rings. The molecular formula is C26H34Cl2N4O2. The standard InChI is InChI=1S/C26H34Cl2N4O2/c1-4-31(5-2)15-12-29-26(34)21-17-20(7-9-24(21)32-13-10-18(3)11-14-32)30-25(33)19-6-8-22(27)23(28)16-19/h6-9,16-18H,4-5,10-15H2,1-3H3,(H,29,34)(H,30,33). The lowest BCUT2D eigenvalue weighted by molar-refractivity contribution is 0.0948. The summed E-state index contributed by atoms with van der Waals surface area (Å²) in [6, 6.07) is 10.3. The van der Waals surface area contributed by atoms with Crippen LogP contribution < -0.4 is 15.5 Å². The number of amides is 2. The Balaban J connectivity index is 1.80. The summed E-state index contributed by atoms with van der Waals surface area (Å²) in [5.41, 5.74) is 2.42. The van der Waals surface area contributed by atoms with Crippen molar-refractivity contribution >= 4 is 46.4 Å². The molecule has 0 aliphatic carbocycles. The summed E-state index contributed by atoms with van der Waals surface area (Å²) in [4.78, 5) is 30.5. The Bertz CT molecular complexity index is 1000. The predicted molar refractivity (Wildman–Crippen MR) is 142 cm³/mol. The Hall–Kier alpha value is -2.28. The van der Waals surface area contributed by atoms with Crippen LogP contribution in [0.5, 0.6) is 0 Å². The van der Waals surface area contributed by atoms with Crippen molar-refractivity contribution in [3.63, 3.8) is 0 Å². The van der Waals surface area contributed by atoms with Crippen molar-refractivity contribution in [1.29, 1.82) is 0 Å². The van der Waals surface area contributed by atoms with Crippen LogP contribution in [-0.4, -0.2) is 56.0 Å². The fraction of sp³-hybridized carbons (Fsp3) is 0.462. The minimum Gasteiger partial charge on any atom is -0.371 e. The fourth-order valence-electron chi connectivity index (χ4n) is 4.12. The minimum atomic E-state index is -0.314. The first-order valence-electron chi connectivity index (χ1n) is 12.0. The van der Waals surface area contributed by atoms with E-state index in [1.165, 1.54) is 6.07 Å². The summed E-state index contributed by atoms with van der Waals surface area (Å²) in [5, 5.41) is 6.65. The first-order chi connectivity index (χ1) is 16.3. The second-order valence-electron chi connectivity index (χ2n) is 8.77. The Morgan fingerprint density at radius 3 is 2.35 bits per heavy atom. The number of hydrogen-bond donors (Lipinski definition) is 2. The van der Waals surface area contributed by atoms with E-state index >= 15 is 0 Å². The number of nitrogens with zero attached hydrogens (tertiary/aromatic N) is 2. The number of carbonyl (C=O) groups is 2. The van der Waals surface area contributed by atoms with Gasteiger partial charge in [-0.3, -0.25) is 9.59 Å². The van der Waals surface area contributed by atoms with Gasteiger partial charge in [-0.05, 0) is 68.2 Å². The van der Waals surface area contributed by atoms with Crippen LogP contribution >= 0.6 is 23.2 Å². The van der Waals surface area contributed by atoms with E-state index in [4.69, 9.17) is 23.2 Å². The van der Waals surface area contributed by atoms with Gasteiger partial charge in [0.15, 0.2) is 0 Å². The summed E-state index contributed by atoms with van der Waals surface area (Å²) < 4.78 is 0. The zero-order valence-electron chi connectivity index (χ0n) is 20.2. The maximum atomic E-state index is 13.2. The quantitative estimate of drug-likeness (QED) is 0.469. The molecule has 0 spiro atoms. The van der Waals surface area contributed by atoms with Crippen LogP contribution in [0, 0.1) is 5.92 Å². The highest BCUT2D eigenvalue weighted by atomic mass is 35.5. The first-order valence-corrected chi connectivity index (χ1v) is 12.7. The lowest BCUT2D eigenvalue weighted by Crippen LogP contribution is -2.37. The number of rotatable bonds is 9. The summed E-state index contributed by atoms with van der Waals surface area (Å²) in [6.45, 7) is 11.6. The first kappa shape index (κ1) is 26.3. The van der Waals surface area contributed by atoms with Crippen molar-refractivity contribution in [1.82, 2.24) is 10.2 Å². The zero-order valence-corrected chi connectivity index (χ0v) is 21.7. The van der Waals surface area contributed by atoms with Gasteiger partial charge in [0.2, 0.25) is 0 Å². The Morgan fingerprint density at radius 1 is 1.00 bits per heavy atom. The molecule has 6 nitrogen and oxygen atoms in total. The van der Waals surface area contributed by atoms with Gasteiger partial charge in [-0.2, -0.15) is 0 Å².